The van der Waals surface area contributed by atoms with Crippen molar-refractivity contribution in [3.63, 3.8) is 0 Å². The minimum atomic E-state index is -1.37. The smallest absolute Gasteiger partial charge is 0.354 e. The fourth-order valence-electron chi connectivity index (χ4n) is 0.724. The lowest BCUT2D eigenvalue weighted by atomic mass is 10.3. The first-order valence-electron chi connectivity index (χ1n) is 3.05. The van der Waals surface area contributed by atoms with E-state index in [1.807, 2.05) is 4.98 Å². The Balaban J connectivity index is 3.60. The molecule has 4 N–H and O–H groups in total. The largest absolute Gasteiger partial charge is 0.477 e. The predicted molar refractivity (Wildman–Crippen MR) is 48.5 cm³/mol. The van der Waals surface area contributed by atoms with Gasteiger partial charge in [-0.2, -0.15) is 0 Å². The molecule has 1 aromatic rings. The minimum Gasteiger partial charge on any atom is -0.477 e. The summed E-state index contributed by atoms with van der Waals surface area (Å²) in [6.45, 7) is 0. The maximum atomic E-state index is 10.9. The first-order valence-corrected chi connectivity index (χ1v) is 3.80. The molecule has 0 spiro atoms. The van der Waals surface area contributed by atoms with Crippen molar-refractivity contribution in [2.75, 3.05) is 5.73 Å². The monoisotopic (exact) mass is 222 g/mol. The number of H-pyrrole nitrogens is 1. The van der Waals surface area contributed by atoms with E-state index in [1.165, 1.54) is 0 Å². The third-order valence-corrected chi connectivity index (χ3v) is 2.11. The number of anilines is 1. The lowest BCUT2D eigenvalue weighted by molar-refractivity contribution is 0.0690. The molecule has 0 amide bonds. The second-order valence-corrected chi connectivity index (χ2v) is 2.93. The van der Waals surface area contributed by atoms with E-state index in [4.69, 9.17) is 34.0 Å². The quantitative estimate of drug-likeness (QED) is 0.660. The molecule has 13 heavy (non-hydrogen) atoms. The van der Waals surface area contributed by atoms with Crippen molar-refractivity contribution in [2.45, 2.75) is 0 Å². The van der Waals surface area contributed by atoms with Crippen molar-refractivity contribution in [3.05, 3.63) is 26.1 Å². The number of aromatic nitrogens is 1. The summed E-state index contributed by atoms with van der Waals surface area (Å²) in [5.41, 5.74) is 3.80. The summed E-state index contributed by atoms with van der Waals surface area (Å²) in [5, 5.41) is 7.98. The predicted octanol–water partition coefficient (Wildman–Crippen LogP) is 0.962. The van der Waals surface area contributed by atoms with Crippen molar-refractivity contribution in [1.82, 2.24) is 4.98 Å². The first kappa shape index (κ1) is 9.88. The Kier molecular flexibility index (Phi) is 2.49. The zero-order valence-electron chi connectivity index (χ0n) is 6.10. The molecule has 0 aliphatic rings. The van der Waals surface area contributed by atoms with Gasteiger partial charge >= 0.3 is 5.97 Å². The summed E-state index contributed by atoms with van der Waals surface area (Å²) in [7, 11) is 0. The van der Waals surface area contributed by atoms with Crippen LogP contribution in [0.15, 0.2) is 4.79 Å². The van der Waals surface area contributed by atoms with Gasteiger partial charge in [0, 0.05) is 0 Å². The van der Waals surface area contributed by atoms with Crippen molar-refractivity contribution in [3.8, 4) is 0 Å². The topological polar surface area (TPSA) is 96.2 Å². The molecule has 0 aliphatic carbocycles. The van der Waals surface area contributed by atoms with Crippen LogP contribution in [0.3, 0.4) is 0 Å². The van der Waals surface area contributed by atoms with Gasteiger partial charge in [0.05, 0.1) is 10.7 Å². The lowest BCUT2D eigenvalue weighted by Gasteiger charge is -2.02. The Morgan fingerprint density at radius 3 is 2.38 bits per heavy atom. The van der Waals surface area contributed by atoms with Gasteiger partial charge < -0.3 is 15.8 Å². The van der Waals surface area contributed by atoms with E-state index >= 15 is 0 Å². The summed E-state index contributed by atoms with van der Waals surface area (Å²) in [5.74, 6) is -1.37. The molecule has 0 saturated heterocycles. The van der Waals surface area contributed by atoms with Crippen LogP contribution in [-0.2, 0) is 0 Å². The highest BCUT2D eigenvalue weighted by molar-refractivity contribution is 6.40. The normalized spacial score (nSPS) is 10.0. The van der Waals surface area contributed by atoms with Crippen molar-refractivity contribution in [2.24, 2.45) is 0 Å². The fraction of sp³-hybridized carbons (Fsp3) is 0. The standard InChI is InChI=1S/C6H4Cl2N2O3/c7-1-3(9)2(8)5(11)10-4(1)6(12)13/h(H,12,13)(H3,9,10,11). The minimum absolute atomic E-state index is 0.232. The SMILES string of the molecule is Nc1c(Cl)c(C(=O)O)[nH]c(=O)c1Cl. The maximum Gasteiger partial charge on any atom is 0.354 e. The number of pyridine rings is 1. The van der Waals surface area contributed by atoms with Crippen molar-refractivity contribution < 1.29 is 9.90 Å². The van der Waals surface area contributed by atoms with Crippen LogP contribution < -0.4 is 11.3 Å². The lowest BCUT2D eigenvalue weighted by Crippen LogP contribution is -2.16. The number of carboxylic acid groups (broad SMARTS) is 1. The molecular weight excluding hydrogens is 219 g/mol. The number of hydrogen-bond donors (Lipinski definition) is 3. The number of aromatic carboxylic acids is 1. The Hall–Kier alpha value is -1.20. The number of rotatable bonds is 1. The fourth-order valence-corrected chi connectivity index (χ4v) is 1.14. The molecule has 0 bridgehead atoms. The highest BCUT2D eigenvalue weighted by Gasteiger charge is 2.16. The third-order valence-electron chi connectivity index (χ3n) is 1.34. The highest BCUT2D eigenvalue weighted by atomic mass is 35.5. The maximum absolute atomic E-state index is 10.9. The molecule has 0 radical (unpaired) electrons. The number of carboxylic acids is 1. The van der Waals surface area contributed by atoms with E-state index in [1.54, 1.807) is 0 Å². The Bertz CT molecular complexity index is 427. The van der Waals surface area contributed by atoms with E-state index in [9.17, 15) is 9.59 Å². The number of nitrogens with one attached hydrogen (secondary N) is 1. The van der Waals surface area contributed by atoms with Crippen LogP contribution in [0.1, 0.15) is 10.5 Å². The van der Waals surface area contributed by atoms with Gasteiger partial charge in [0.2, 0.25) is 0 Å². The summed E-state index contributed by atoms with van der Waals surface area (Å²) in [4.78, 5) is 23.4. The number of nitrogen functional groups attached to an aromatic ring is 1. The van der Waals surface area contributed by atoms with Crippen LogP contribution >= 0.6 is 23.2 Å². The van der Waals surface area contributed by atoms with Crippen LogP contribution in [0, 0.1) is 0 Å². The molecule has 1 rings (SSSR count). The van der Waals surface area contributed by atoms with Crippen LogP contribution in [0.4, 0.5) is 5.69 Å². The third kappa shape index (κ3) is 1.61. The van der Waals surface area contributed by atoms with Gasteiger partial charge in [-0.1, -0.05) is 23.2 Å². The number of carbonyl (C=O) groups is 1. The molecule has 70 valence electrons. The van der Waals surface area contributed by atoms with Gasteiger partial charge in [-0.15, -0.1) is 0 Å². The zero-order valence-corrected chi connectivity index (χ0v) is 7.61. The molecule has 7 heteroatoms. The molecule has 1 heterocycles. The highest BCUT2D eigenvalue weighted by Crippen LogP contribution is 2.25. The number of aromatic amines is 1. The molecule has 0 saturated carbocycles. The summed E-state index contributed by atoms with van der Waals surface area (Å²) in [6.07, 6.45) is 0. The molecule has 0 aromatic carbocycles. The number of nitrogens with two attached hydrogens (primary N) is 1. The van der Waals surface area contributed by atoms with Gasteiger partial charge in [-0.3, -0.25) is 4.79 Å². The molecule has 0 aliphatic heterocycles. The molecular formula is C6H4Cl2N2O3. The Morgan fingerprint density at radius 1 is 1.38 bits per heavy atom. The van der Waals surface area contributed by atoms with E-state index in [0.717, 1.165) is 0 Å². The Labute approximate surface area is 82.1 Å². The molecule has 1 aromatic heterocycles. The van der Waals surface area contributed by atoms with Crippen LogP contribution in [0.2, 0.25) is 10.0 Å². The molecule has 0 unspecified atom stereocenters. The van der Waals surface area contributed by atoms with Gasteiger partial charge in [-0.05, 0) is 0 Å². The summed E-state index contributed by atoms with van der Waals surface area (Å²) in [6, 6.07) is 0. The van der Waals surface area contributed by atoms with Gasteiger partial charge in [-0.25, -0.2) is 4.79 Å². The van der Waals surface area contributed by atoms with Crippen molar-refractivity contribution >= 4 is 34.9 Å². The molecule has 0 fully saturated rings. The average molecular weight is 223 g/mol. The molecule has 0 atom stereocenters. The van der Waals surface area contributed by atoms with Crippen LogP contribution in [0.5, 0.6) is 0 Å². The van der Waals surface area contributed by atoms with E-state index in [-0.39, 0.29) is 15.7 Å². The second kappa shape index (κ2) is 3.27. The van der Waals surface area contributed by atoms with E-state index in [2.05, 4.69) is 0 Å². The average Bonchev–Trinajstić information content (AvgIpc) is 2.07. The zero-order chi connectivity index (χ0) is 10.2. The summed E-state index contributed by atoms with van der Waals surface area (Å²) >= 11 is 10.9. The first-order chi connectivity index (χ1) is 5.95. The number of hydrogen-bond acceptors (Lipinski definition) is 3. The molecule has 5 nitrogen and oxygen atoms in total. The van der Waals surface area contributed by atoms with Crippen LogP contribution in [-0.4, -0.2) is 16.1 Å². The van der Waals surface area contributed by atoms with Crippen molar-refractivity contribution in [1.29, 1.82) is 0 Å². The van der Waals surface area contributed by atoms with Gasteiger partial charge in [0.1, 0.15) is 10.7 Å². The van der Waals surface area contributed by atoms with E-state index < -0.39 is 17.2 Å². The van der Waals surface area contributed by atoms with Gasteiger partial charge in [0.25, 0.3) is 5.56 Å². The summed E-state index contributed by atoms with van der Waals surface area (Å²) < 4.78 is 0. The Morgan fingerprint density at radius 2 is 1.92 bits per heavy atom. The van der Waals surface area contributed by atoms with Gasteiger partial charge in [0.15, 0.2) is 0 Å². The second-order valence-electron chi connectivity index (χ2n) is 2.18. The number of halogens is 2. The van der Waals surface area contributed by atoms with Crippen LogP contribution in [0.25, 0.3) is 0 Å². The van der Waals surface area contributed by atoms with E-state index in [0.29, 0.717) is 0 Å².